The van der Waals surface area contributed by atoms with Gasteiger partial charge in [-0.05, 0) is 56.0 Å². The van der Waals surface area contributed by atoms with Gasteiger partial charge in [0, 0.05) is 18.3 Å². The molecule has 0 radical (unpaired) electrons. The van der Waals surface area contributed by atoms with Crippen molar-refractivity contribution in [3.8, 4) is 5.75 Å². The molecule has 1 N–H and O–H groups in total. The van der Waals surface area contributed by atoms with Gasteiger partial charge < -0.3 is 14.4 Å². The Balaban J connectivity index is 1.68. The first-order valence-corrected chi connectivity index (χ1v) is 10.6. The largest absolute Gasteiger partial charge is 0.382 e. The van der Waals surface area contributed by atoms with E-state index in [-0.39, 0.29) is 23.6 Å². The number of anilines is 1. The molecule has 1 fully saturated rings. The first-order chi connectivity index (χ1) is 12.9. The molecule has 27 heavy (non-hydrogen) atoms. The van der Waals surface area contributed by atoms with E-state index in [2.05, 4.69) is 5.32 Å². The number of benzene rings is 2. The number of hydrogen-bond acceptors (Lipinski definition) is 4. The molecule has 0 saturated heterocycles. The van der Waals surface area contributed by atoms with Crippen molar-refractivity contribution in [1.82, 2.24) is 4.90 Å². The zero-order valence-corrected chi connectivity index (χ0v) is 16.3. The summed E-state index contributed by atoms with van der Waals surface area (Å²) >= 11 is 0. The summed E-state index contributed by atoms with van der Waals surface area (Å²) in [5, 5.41) is 2.98. The lowest BCUT2D eigenvalue weighted by atomic mass is 10.2. The topological polar surface area (TPSA) is 75.7 Å². The summed E-state index contributed by atoms with van der Waals surface area (Å²) < 4.78 is 28.1. The van der Waals surface area contributed by atoms with Crippen molar-refractivity contribution in [2.45, 2.75) is 39.3 Å². The number of rotatable bonds is 7. The maximum atomic E-state index is 12.8. The van der Waals surface area contributed by atoms with Gasteiger partial charge >= 0.3 is 16.1 Å². The van der Waals surface area contributed by atoms with Crippen molar-refractivity contribution >= 4 is 21.8 Å². The summed E-state index contributed by atoms with van der Waals surface area (Å²) in [7, 11) is -3.54. The van der Waals surface area contributed by atoms with E-state index in [1.54, 1.807) is 24.3 Å². The Hall–Kier alpha value is -2.54. The van der Waals surface area contributed by atoms with Crippen molar-refractivity contribution < 1.29 is 17.4 Å². The van der Waals surface area contributed by atoms with E-state index in [9.17, 15) is 13.2 Å². The van der Waals surface area contributed by atoms with Gasteiger partial charge in [-0.1, -0.05) is 30.3 Å². The normalized spacial score (nSPS) is 13.9. The van der Waals surface area contributed by atoms with Gasteiger partial charge in [-0.25, -0.2) is 4.79 Å². The van der Waals surface area contributed by atoms with Crippen LogP contribution < -0.4 is 9.50 Å². The first-order valence-electron chi connectivity index (χ1n) is 9.02. The summed E-state index contributed by atoms with van der Waals surface area (Å²) in [6, 6.07) is 14.6. The average molecular weight is 388 g/mol. The van der Waals surface area contributed by atoms with Gasteiger partial charge in [0.15, 0.2) is 0 Å². The van der Waals surface area contributed by atoms with Crippen molar-refractivity contribution in [2.75, 3.05) is 11.1 Å². The van der Waals surface area contributed by atoms with E-state index in [0.717, 1.165) is 29.7 Å². The number of urea groups is 1. The number of nitrogens with zero attached hydrogens (tertiary/aromatic N) is 1. The summed E-state index contributed by atoms with van der Waals surface area (Å²) in [6.07, 6.45) is 1.99. The third kappa shape index (κ3) is 5.23. The number of aryl methyl sites for hydroxylation is 1. The zero-order chi connectivity index (χ0) is 19.4. The SMILES string of the molecule is CCS(=O)(=O)Oc1ccc(CN(C(=O)Nc2ccccc2C)C2CC2)cc1. The minimum atomic E-state index is -3.54. The molecule has 0 unspecified atom stereocenters. The fourth-order valence-electron chi connectivity index (χ4n) is 2.71. The molecule has 0 aromatic heterocycles. The molecular weight excluding hydrogens is 364 g/mol. The Morgan fingerprint density at radius 3 is 2.41 bits per heavy atom. The van der Waals surface area contributed by atoms with Crippen LogP contribution in [-0.4, -0.2) is 31.1 Å². The first kappa shape index (κ1) is 19.2. The lowest BCUT2D eigenvalue weighted by molar-refractivity contribution is 0.206. The number of carbonyl (C=O) groups is 1. The molecule has 2 aromatic rings. The summed E-state index contributed by atoms with van der Waals surface area (Å²) in [6.45, 7) is 3.95. The highest BCUT2D eigenvalue weighted by Crippen LogP contribution is 2.29. The van der Waals surface area contributed by atoms with Crippen LogP contribution in [0.3, 0.4) is 0 Å². The number of para-hydroxylation sites is 1. The van der Waals surface area contributed by atoms with E-state index in [1.807, 2.05) is 36.1 Å². The highest BCUT2D eigenvalue weighted by molar-refractivity contribution is 7.87. The summed E-state index contributed by atoms with van der Waals surface area (Å²) in [5.74, 6) is 0.200. The van der Waals surface area contributed by atoms with Gasteiger partial charge in [-0.3, -0.25) is 0 Å². The van der Waals surface area contributed by atoms with Gasteiger partial charge in [0.05, 0.1) is 5.75 Å². The molecule has 0 spiro atoms. The molecule has 1 aliphatic carbocycles. The molecular formula is C20H24N2O4S. The Morgan fingerprint density at radius 1 is 1.15 bits per heavy atom. The third-order valence-corrected chi connectivity index (χ3v) is 5.64. The molecule has 3 rings (SSSR count). The molecule has 6 nitrogen and oxygen atoms in total. The van der Waals surface area contributed by atoms with Crippen molar-refractivity contribution in [2.24, 2.45) is 0 Å². The molecule has 1 aliphatic rings. The van der Waals surface area contributed by atoms with E-state index in [4.69, 9.17) is 4.18 Å². The Labute approximate surface area is 160 Å². The van der Waals surface area contributed by atoms with Crippen LogP contribution in [0, 0.1) is 6.92 Å². The second-order valence-electron chi connectivity index (χ2n) is 6.68. The highest BCUT2D eigenvalue weighted by Gasteiger charge is 2.32. The number of hydrogen-bond donors (Lipinski definition) is 1. The molecule has 144 valence electrons. The minimum Gasteiger partial charge on any atom is -0.382 e. The van der Waals surface area contributed by atoms with E-state index in [0.29, 0.717) is 6.54 Å². The second kappa shape index (κ2) is 8.00. The van der Waals surface area contributed by atoms with Crippen LogP contribution in [0.5, 0.6) is 5.75 Å². The van der Waals surface area contributed by atoms with Crippen LogP contribution >= 0.6 is 0 Å². The van der Waals surface area contributed by atoms with Gasteiger partial charge in [0.1, 0.15) is 5.75 Å². The van der Waals surface area contributed by atoms with Crippen molar-refractivity contribution in [3.63, 3.8) is 0 Å². The van der Waals surface area contributed by atoms with Gasteiger partial charge in [-0.15, -0.1) is 0 Å². The van der Waals surface area contributed by atoms with Gasteiger partial charge in [-0.2, -0.15) is 8.42 Å². The van der Waals surface area contributed by atoms with Crippen LogP contribution in [0.15, 0.2) is 48.5 Å². The molecule has 7 heteroatoms. The molecule has 2 aromatic carbocycles. The number of carbonyl (C=O) groups excluding carboxylic acids is 1. The molecule has 0 bridgehead atoms. The molecule has 0 atom stereocenters. The molecule has 1 saturated carbocycles. The van der Waals surface area contributed by atoms with Crippen molar-refractivity contribution in [3.05, 3.63) is 59.7 Å². The fraction of sp³-hybridized carbons (Fsp3) is 0.350. The van der Waals surface area contributed by atoms with Crippen LogP contribution in [0.1, 0.15) is 30.9 Å². The average Bonchev–Trinajstić information content (AvgIpc) is 3.47. The Kier molecular flexibility index (Phi) is 5.70. The highest BCUT2D eigenvalue weighted by atomic mass is 32.2. The molecule has 0 aliphatic heterocycles. The van der Waals surface area contributed by atoms with Crippen LogP contribution in [0.25, 0.3) is 0 Å². The second-order valence-corrected chi connectivity index (χ2v) is 8.54. The van der Waals surface area contributed by atoms with Crippen LogP contribution in [0.2, 0.25) is 0 Å². The Bertz CT molecular complexity index is 906. The van der Waals surface area contributed by atoms with E-state index < -0.39 is 10.1 Å². The summed E-state index contributed by atoms with van der Waals surface area (Å²) in [5.41, 5.74) is 2.74. The van der Waals surface area contributed by atoms with Gasteiger partial charge in [0.25, 0.3) is 0 Å². The predicted molar refractivity (Wildman–Crippen MR) is 105 cm³/mol. The maximum Gasteiger partial charge on any atom is 0.322 e. The lowest BCUT2D eigenvalue weighted by Gasteiger charge is -2.23. The number of nitrogens with one attached hydrogen (secondary N) is 1. The van der Waals surface area contributed by atoms with E-state index in [1.165, 1.54) is 6.92 Å². The number of amides is 2. The third-order valence-electron chi connectivity index (χ3n) is 4.49. The van der Waals surface area contributed by atoms with E-state index >= 15 is 0 Å². The zero-order valence-electron chi connectivity index (χ0n) is 15.5. The predicted octanol–water partition coefficient (Wildman–Crippen LogP) is 3.92. The standard InChI is InChI=1S/C20H24N2O4S/c1-3-27(24,25)26-18-12-8-16(9-13-18)14-22(17-10-11-17)20(23)21-19-7-5-4-6-15(19)2/h4-9,12-13,17H,3,10-11,14H2,1-2H3,(H,21,23). The van der Waals surface area contributed by atoms with Crippen LogP contribution in [-0.2, 0) is 16.7 Å². The molecule has 2 amide bonds. The van der Waals surface area contributed by atoms with Crippen molar-refractivity contribution in [1.29, 1.82) is 0 Å². The Morgan fingerprint density at radius 2 is 1.81 bits per heavy atom. The van der Waals surface area contributed by atoms with Crippen LogP contribution in [0.4, 0.5) is 10.5 Å². The minimum absolute atomic E-state index is 0.0801. The fourth-order valence-corrected chi connectivity index (χ4v) is 3.23. The summed E-state index contributed by atoms with van der Waals surface area (Å²) in [4.78, 5) is 14.6. The molecule has 0 heterocycles. The van der Waals surface area contributed by atoms with Gasteiger partial charge in [0.2, 0.25) is 0 Å². The lowest BCUT2D eigenvalue weighted by Crippen LogP contribution is -2.36. The maximum absolute atomic E-state index is 12.8. The monoisotopic (exact) mass is 388 g/mol. The quantitative estimate of drug-likeness (QED) is 0.730. The smallest absolute Gasteiger partial charge is 0.322 e.